The molecule has 0 amide bonds. The van der Waals surface area contributed by atoms with E-state index in [1.807, 2.05) is 47.7 Å². The normalized spacial score (nSPS) is 12.0. The lowest BCUT2D eigenvalue weighted by atomic mass is 10.2. The fraction of sp³-hybridized carbons (Fsp3) is 0.455. The van der Waals surface area contributed by atoms with Gasteiger partial charge >= 0.3 is 0 Å². The van der Waals surface area contributed by atoms with E-state index in [9.17, 15) is 0 Å². The van der Waals surface area contributed by atoms with E-state index in [0.29, 0.717) is 0 Å². The van der Waals surface area contributed by atoms with Crippen molar-refractivity contribution in [3.8, 4) is 0 Å². The van der Waals surface area contributed by atoms with Crippen LogP contribution in [0.2, 0.25) is 0 Å². The summed E-state index contributed by atoms with van der Waals surface area (Å²) in [5.41, 5.74) is 2.01. The topological polar surface area (TPSA) is 35.6 Å². The van der Waals surface area contributed by atoms with Gasteiger partial charge in [-0.05, 0) is 39.8 Å². The number of hydrogen-bond acceptors (Lipinski definition) is 2. The second kappa shape index (κ2) is 3.22. The van der Waals surface area contributed by atoms with Gasteiger partial charge in [0.15, 0.2) is 0 Å². The second-order valence-corrected chi connectivity index (χ2v) is 4.26. The van der Waals surface area contributed by atoms with Crippen LogP contribution in [0.15, 0.2) is 24.5 Å². The summed E-state index contributed by atoms with van der Waals surface area (Å²) in [6, 6.07) is 4.00. The summed E-state index contributed by atoms with van der Waals surface area (Å²) in [6.07, 6.45) is 3.63. The van der Waals surface area contributed by atoms with E-state index in [-0.39, 0.29) is 5.66 Å². The number of rotatable bonds is 2. The first-order valence-corrected chi connectivity index (χ1v) is 5.05. The van der Waals surface area contributed by atoms with Crippen molar-refractivity contribution in [2.45, 2.75) is 33.4 Å². The zero-order chi connectivity index (χ0) is 11.1. The smallest absolute Gasteiger partial charge is 0.148 e. The quantitative estimate of drug-likeness (QED) is 0.749. The first-order chi connectivity index (χ1) is 7.03. The van der Waals surface area contributed by atoms with Crippen LogP contribution in [0.3, 0.4) is 0 Å². The predicted octanol–water partition coefficient (Wildman–Crippen LogP) is 1.94. The molecule has 0 radical (unpaired) electrons. The second-order valence-electron chi connectivity index (χ2n) is 4.26. The molecule has 2 rings (SSSR count). The highest BCUT2D eigenvalue weighted by atomic mass is 15.5. The minimum Gasteiger partial charge on any atom is -0.243 e. The molecule has 0 aliphatic carbocycles. The fourth-order valence-electron chi connectivity index (χ4n) is 1.97. The molecule has 80 valence electrons. The Balaban J connectivity index is 2.53. The molecule has 4 nitrogen and oxygen atoms in total. The van der Waals surface area contributed by atoms with Crippen LogP contribution in [0.4, 0.5) is 0 Å². The largest absolute Gasteiger partial charge is 0.243 e. The molecule has 0 fully saturated rings. The third-order valence-electron chi connectivity index (χ3n) is 2.70. The third-order valence-corrected chi connectivity index (χ3v) is 2.70. The zero-order valence-electron chi connectivity index (χ0n) is 9.60. The van der Waals surface area contributed by atoms with Gasteiger partial charge in [0.05, 0.1) is 0 Å². The lowest BCUT2D eigenvalue weighted by Gasteiger charge is -2.28. The zero-order valence-corrected chi connectivity index (χ0v) is 9.60. The SMILES string of the molecule is Cc1ccnn1C(C)(C)n1nccc1C. The Morgan fingerprint density at radius 1 is 0.933 bits per heavy atom. The summed E-state index contributed by atoms with van der Waals surface area (Å²) in [4.78, 5) is 0. The van der Waals surface area contributed by atoms with Crippen molar-refractivity contribution in [1.29, 1.82) is 0 Å². The van der Waals surface area contributed by atoms with Gasteiger partial charge in [-0.15, -0.1) is 0 Å². The Labute approximate surface area is 89.5 Å². The number of nitrogens with zero attached hydrogens (tertiary/aromatic N) is 4. The van der Waals surface area contributed by atoms with Gasteiger partial charge in [-0.25, -0.2) is 9.36 Å². The summed E-state index contributed by atoms with van der Waals surface area (Å²) in [5, 5.41) is 8.68. The van der Waals surface area contributed by atoms with Crippen LogP contribution in [0.25, 0.3) is 0 Å². The third kappa shape index (κ3) is 1.46. The van der Waals surface area contributed by atoms with Gasteiger partial charge < -0.3 is 0 Å². The van der Waals surface area contributed by atoms with Gasteiger partial charge in [0.2, 0.25) is 0 Å². The van der Waals surface area contributed by atoms with Crippen LogP contribution in [-0.4, -0.2) is 19.6 Å². The van der Waals surface area contributed by atoms with Gasteiger partial charge in [-0.2, -0.15) is 10.2 Å². The Morgan fingerprint density at radius 3 is 1.60 bits per heavy atom. The monoisotopic (exact) mass is 204 g/mol. The van der Waals surface area contributed by atoms with Gasteiger partial charge in [0, 0.05) is 23.8 Å². The maximum atomic E-state index is 4.34. The van der Waals surface area contributed by atoms with E-state index in [2.05, 4.69) is 24.0 Å². The summed E-state index contributed by atoms with van der Waals surface area (Å²) < 4.78 is 3.96. The van der Waals surface area contributed by atoms with E-state index >= 15 is 0 Å². The lowest BCUT2D eigenvalue weighted by molar-refractivity contribution is 0.226. The van der Waals surface area contributed by atoms with Gasteiger partial charge in [0.1, 0.15) is 5.66 Å². The van der Waals surface area contributed by atoms with Gasteiger partial charge in [-0.3, -0.25) is 0 Å². The molecule has 0 aromatic carbocycles. The molecule has 0 spiro atoms. The van der Waals surface area contributed by atoms with Crippen molar-refractivity contribution < 1.29 is 0 Å². The van der Waals surface area contributed by atoms with Crippen LogP contribution >= 0.6 is 0 Å². The molecule has 2 heterocycles. The fourth-order valence-corrected chi connectivity index (χ4v) is 1.97. The van der Waals surface area contributed by atoms with Gasteiger partial charge in [0.25, 0.3) is 0 Å². The average Bonchev–Trinajstić information content (AvgIpc) is 2.73. The summed E-state index contributed by atoms with van der Waals surface area (Å²) in [7, 11) is 0. The molecule has 0 N–H and O–H groups in total. The van der Waals surface area contributed by atoms with Crippen LogP contribution in [0.5, 0.6) is 0 Å². The van der Waals surface area contributed by atoms with Crippen LogP contribution in [-0.2, 0) is 5.66 Å². The van der Waals surface area contributed by atoms with Crippen molar-refractivity contribution in [1.82, 2.24) is 19.6 Å². The molecular weight excluding hydrogens is 188 g/mol. The molecule has 0 aliphatic rings. The van der Waals surface area contributed by atoms with Crippen molar-refractivity contribution >= 4 is 0 Å². The van der Waals surface area contributed by atoms with Gasteiger partial charge in [-0.1, -0.05) is 0 Å². The van der Waals surface area contributed by atoms with E-state index in [4.69, 9.17) is 0 Å². The average molecular weight is 204 g/mol. The summed E-state index contributed by atoms with van der Waals surface area (Å²) >= 11 is 0. The maximum absolute atomic E-state index is 4.34. The highest BCUT2D eigenvalue weighted by molar-refractivity contribution is 5.05. The molecule has 0 unspecified atom stereocenters. The van der Waals surface area contributed by atoms with Crippen LogP contribution in [0.1, 0.15) is 25.2 Å². The molecule has 0 bridgehead atoms. The predicted molar refractivity (Wildman–Crippen MR) is 58.6 cm³/mol. The summed E-state index contributed by atoms with van der Waals surface area (Å²) in [6.45, 7) is 8.31. The Bertz CT molecular complexity index is 422. The lowest BCUT2D eigenvalue weighted by Crippen LogP contribution is -2.38. The standard InChI is InChI=1S/C11H16N4/c1-9-5-7-12-14(9)11(3,4)15-10(2)6-8-13-15/h5-8H,1-4H3. The molecule has 4 heteroatoms. The molecule has 0 atom stereocenters. The highest BCUT2D eigenvalue weighted by Crippen LogP contribution is 2.19. The van der Waals surface area contributed by atoms with Crippen molar-refractivity contribution in [2.24, 2.45) is 0 Å². The molecule has 2 aromatic heterocycles. The first-order valence-electron chi connectivity index (χ1n) is 5.05. The molecule has 0 aliphatic heterocycles. The summed E-state index contributed by atoms with van der Waals surface area (Å²) in [5.74, 6) is 0. The minimum absolute atomic E-state index is 0.263. The Hall–Kier alpha value is -1.58. The first kappa shape index (κ1) is 9.96. The van der Waals surface area contributed by atoms with E-state index in [1.165, 1.54) is 0 Å². The van der Waals surface area contributed by atoms with E-state index in [0.717, 1.165) is 11.4 Å². The van der Waals surface area contributed by atoms with Crippen LogP contribution in [0, 0.1) is 13.8 Å². The minimum atomic E-state index is -0.263. The highest BCUT2D eigenvalue weighted by Gasteiger charge is 2.26. The van der Waals surface area contributed by atoms with E-state index < -0.39 is 0 Å². The molecule has 0 saturated heterocycles. The Morgan fingerprint density at radius 2 is 1.33 bits per heavy atom. The number of aromatic nitrogens is 4. The van der Waals surface area contributed by atoms with Crippen molar-refractivity contribution in [3.05, 3.63) is 35.9 Å². The number of hydrogen-bond donors (Lipinski definition) is 0. The number of aryl methyl sites for hydroxylation is 2. The van der Waals surface area contributed by atoms with Crippen LogP contribution < -0.4 is 0 Å². The molecule has 0 saturated carbocycles. The molecule has 15 heavy (non-hydrogen) atoms. The van der Waals surface area contributed by atoms with Crippen molar-refractivity contribution in [3.63, 3.8) is 0 Å². The molecule has 2 aromatic rings. The van der Waals surface area contributed by atoms with Crippen molar-refractivity contribution in [2.75, 3.05) is 0 Å². The maximum Gasteiger partial charge on any atom is 0.148 e. The Kier molecular flexibility index (Phi) is 2.14. The molecular formula is C11H16N4. The van der Waals surface area contributed by atoms with E-state index in [1.54, 1.807) is 0 Å².